The number of hydrogen-bond donors (Lipinski definition) is 0. The molecule has 1 unspecified atom stereocenters. The van der Waals surface area contributed by atoms with Gasteiger partial charge in [-0.25, -0.2) is 0 Å². The first-order valence-corrected chi connectivity index (χ1v) is 8.60. The number of ether oxygens (including phenoxy) is 3. The van der Waals surface area contributed by atoms with E-state index in [2.05, 4.69) is 39.8 Å². The van der Waals surface area contributed by atoms with Gasteiger partial charge in [0.1, 0.15) is 18.1 Å². The number of hydrogen-bond acceptors (Lipinski definition) is 3. The van der Waals surface area contributed by atoms with Crippen LogP contribution in [0.15, 0.2) is 29.8 Å². The number of allylic oxidation sites excluding steroid dienone is 1. The second-order valence-corrected chi connectivity index (χ2v) is 6.97. The van der Waals surface area contributed by atoms with Gasteiger partial charge in [0.15, 0.2) is 0 Å². The Labute approximate surface area is 140 Å². The molecule has 1 aliphatic heterocycles. The molecule has 3 heteroatoms. The normalized spacial score (nSPS) is 17.8. The Kier molecular flexibility index (Phi) is 6.11. The molecular weight excluding hydrogens is 288 g/mol. The van der Waals surface area contributed by atoms with Gasteiger partial charge in [-0.1, -0.05) is 18.6 Å². The summed E-state index contributed by atoms with van der Waals surface area (Å²) in [4.78, 5) is 0. The monoisotopic (exact) mass is 318 g/mol. The molecule has 0 saturated heterocycles. The van der Waals surface area contributed by atoms with E-state index >= 15 is 0 Å². The lowest BCUT2D eigenvalue weighted by Crippen LogP contribution is -2.24. The number of benzene rings is 1. The fraction of sp³-hybridized carbons (Fsp3) is 0.600. The van der Waals surface area contributed by atoms with Gasteiger partial charge in [-0.15, -0.1) is 0 Å². The lowest BCUT2D eigenvalue weighted by Gasteiger charge is -2.24. The van der Waals surface area contributed by atoms with Gasteiger partial charge in [-0.2, -0.15) is 0 Å². The van der Waals surface area contributed by atoms with Crippen LogP contribution in [-0.4, -0.2) is 25.4 Å². The summed E-state index contributed by atoms with van der Waals surface area (Å²) < 4.78 is 17.2. The largest absolute Gasteiger partial charge is 0.493 e. The van der Waals surface area contributed by atoms with Gasteiger partial charge in [-0.05, 0) is 52.7 Å². The standard InChI is InChI=1S/C20H30O3/c1-6-23-20(4,5)11-9-15(2)10-12-21-17-7-8-18-16(3)14-22-19(18)13-17/h7-8,10,13,16H,6,9,11-12,14H2,1-5H3/b15-10+. The molecule has 2 rings (SSSR count). The zero-order valence-electron chi connectivity index (χ0n) is 15.1. The minimum absolute atomic E-state index is 0.0568. The molecule has 0 bridgehead atoms. The van der Waals surface area contributed by atoms with Crippen molar-refractivity contribution in [2.24, 2.45) is 0 Å². The van der Waals surface area contributed by atoms with Crippen molar-refractivity contribution < 1.29 is 14.2 Å². The molecule has 0 amide bonds. The molecule has 0 spiro atoms. The third-order valence-electron chi connectivity index (χ3n) is 4.34. The molecule has 0 fully saturated rings. The van der Waals surface area contributed by atoms with Gasteiger partial charge in [0.25, 0.3) is 0 Å². The van der Waals surface area contributed by atoms with Crippen molar-refractivity contribution in [1.82, 2.24) is 0 Å². The van der Waals surface area contributed by atoms with Gasteiger partial charge in [0.05, 0.1) is 12.2 Å². The molecule has 1 aliphatic rings. The maximum Gasteiger partial charge on any atom is 0.126 e. The topological polar surface area (TPSA) is 27.7 Å². The Hall–Kier alpha value is -1.48. The molecular formula is C20H30O3. The van der Waals surface area contributed by atoms with E-state index in [1.807, 2.05) is 19.1 Å². The SMILES string of the molecule is CCOC(C)(C)CC/C(C)=C/COc1ccc2c(c1)OCC2C. The zero-order valence-corrected chi connectivity index (χ0v) is 15.1. The van der Waals surface area contributed by atoms with Gasteiger partial charge in [0, 0.05) is 24.2 Å². The van der Waals surface area contributed by atoms with Gasteiger partial charge in [-0.3, -0.25) is 0 Å². The van der Waals surface area contributed by atoms with E-state index < -0.39 is 0 Å². The predicted octanol–water partition coefficient (Wildman–Crippen LogP) is 5.10. The number of rotatable bonds is 8. The Morgan fingerprint density at radius 3 is 2.91 bits per heavy atom. The Bertz CT molecular complexity index is 546. The van der Waals surface area contributed by atoms with Crippen LogP contribution in [0.4, 0.5) is 0 Å². The van der Waals surface area contributed by atoms with Crippen molar-refractivity contribution in [2.45, 2.75) is 59.0 Å². The first-order valence-electron chi connectivity index (χ1n) is 8.60. The summed E-state index contributed by atoms with van der Waals surface area (Å²) >= 11 is 0. The van der Waals surface area contributed by atoms with Crippen molar-refractivity contribution in [3.05, 3.63) is 35.4 Å². The molecule has 0 radical (unpaired) electrons. The van der Waals surface area contributed by atoms with E-state index in [0.717, 1.165) is 37.6 Å². The minimum atomic E-state index is -0.0568. The molecule has 1 aromatic carbocycles. The van der Waals surface area contributed by atoms with Crippen molar-refractivity contribution in [1.29, 1.82) is 0 Å². The number of fused-ring (bicyclic) bond motifs is 1. The van der Waals surface area contributed by atoms with Crippen LogP contribution in [0.25, 0.3) is 0 Å². The van der Waals surface area contributed by atoms with Crippen molar-refractivity contribution in [3.8, 4) is 11.5 Å². The van der Waals surface area contributed by atoms with Crippen molar-refractivity contribution >= 4 is 0 Å². The van der Waals surface area contributed by atoms with Crippen LogP contribution in [0, 0.1) is 0 Å². The molecule has 128 valence electrons. The molecule has 0 aliphatic carbocycles. The van der Waals surface area contributed by atoms with Gasteiger partial charge < -0.3 is 14.2 Å². The highest BCUT2D eigenvalue weighted by Crippen LogP contribution is 2.36. The second kappa shape index (κ2) is 7.87. The van der Waals surface area contributed by atoms with Crippen LogP contribution in [-0.2, 0) is 4.74 Å². The predicted molar refractivity (Wildman–Crippen MR) is 94.5 cm³/mol. The maximum atomic E-state index is 5.83. The van der Waals surface area contributed by atoms with E-state index in [1.165, 1.54) is 11.1 Å². The third-order valence-corrected chi connectivity index (χ3v) is 4.34. The molecule has 3 nitrogen and oxygen atoms in total. The van der Waals surface area contributed by atoms with Crippen LogP contribution < -0.4 is 9.47 Å². The summed E-state index contributed by atoms with van der Waals surface area (Å²) in [6.45, 7) is 12.8. The molecule has 0 saturated carbocycles. The Balaban J connectivity index is 1.80. The van der Waals surface area contributed by atoms with Crippen LogP contribution in [0.1, 0.15) is 58.9 Å². The van der Waals surface area contributed by atoms with E-state index in [4.69, 9.17) is 14.2 Å². The average Bonchev–Trinajstić information content (AvgIpc) is 2.86. The van der Waals surface area contributed by atoms with Gasteiger partial charge in [0.2, 0.25) is 0 Å². The summed E-state index contributed by atoms with van der Waals surface area (Å²) in [6, 6.07) is 6.15. The molecule has 1 aromatic rings. The first kappa shape index (κ1) is 17.9. The van der Waals surface area contributed by atoms with Crippen molar-refractivity contribution in [3.63, 3.8) is 0 Å². The van der Waals surface area contributed by atoms with E-state index in [1.54, 1.807) is 0 Å². The van der Waals surface area contributed by atoms with E-state index in [0.29, 0.717) is 12.5 Å². The Morgan fingerprint density at radius 1 is 1.39 bits per heavy atom. The Morgan fingerprint density at radius 2 is 2.17 bits per heavy atom. The summed E-state index contributed by atoms with van der Waals surface area (Å²) in [5.41, 5.74) is 2.56. The summed E-state index contributed by atoms with van der Waals surface area (Å²) in [5, 5.41) is 0. The van der Waals surface area contributed by atoms with Gasteiger partial charge >= 0.3 is 0 Å². The quantitative estimate of drug-likeness (QED) is 0.624. The first-order chi connectivity index (χ1) is 10.9. The van der Waals surface area contributed by atoms with Crippen LogP contribution >= 0.6 is 0 Å². The molecule has 0 aromatic heterocycles. The smallest absolute Gasteiger partial charge is 0.126 e. The molecule has 0 N–H and O–H groups in total. The van der Waals surface area contributed by atoms with E-state index in [-0.39, 0.29) is 5.60 Å². The zero-order chi connectivity index (χ0) is 16.9. The highest BCUT2D eigenvalue weighted by molar-refractivity contribution is 5.45. The van der Waals surface area contributed by atoms with Crippen molar-refractivity contribution in [2.75, 3.05) is 19.8 Å². The lowest BCUT2D eigenvalue weighted by atomic mass is 9.99. The second-order valence-electron chi connectivity index (χ2n) is 6.97. The third kappa shape index (κ3) is 5.28. The molecule has 23 heavy (non-hydrogen) atoms. The molecule has 1 heterocycles. The summed E-state index contributed by atoms with van der Waals surface area (Å²) in [6.07, 6.45) is 4.20. The fourth-order valence-corrected chi connectivity index (χ4v) is 2.78. The summed E-state index contributed by atoms with van der Waals surface area (Å²) in [7, 11) is 0. The van der Waals surface area contributed by atoms with Crippen LogP contribution in [0.3, 0.4) is 0 Å². The van der Waals surface area contributed by atoms with Crippen LogP contribution in [0.5, 0.6) is 11.5 Å². The fourth-order valence-electron chi connectivity index (χ4n) is 2.78. The molecule has 1 atom stereocenters. The lowest BCUT2D eigenvalue weighted by molar-refractivity contribution is -0.0158. The minimum Gasteiger partial charge on any atom is -0.493 e. The van der Waals surface area contributed by atoms with E-state index in [9.17, 15) is 0 Å². The maximum absolute atomic E-state index is 5.83. The summed E-state index contributed by atoms with van der Waals surface area (Å²) in [5.74, 6) is 2.32. The highest BCUT2D eigenvalue weighted by Gasteiger charge is 2.20. The van der Waals surface area contributed by atoms with Crippen LogP contribution in [0.2, 0.25) is 0 Å². The average molecular weight is 318 g/mol. The highest BCUT2D eigenvalue weighted by atomic mass is 16.5.